The highest BCUT2D eigenvalue weighted by Gasteiger charge is 2.34. The second-order valence-corrected chi connectivity index (χ2v) is 7.38. The summed E-state index contributed by atoms with van der Waals surface area (Å²) in [5, 5.41) is 0.705. The average Bonchev–Trinajstić information content (AvgIpc) is 2.99. The Kier molecular flexibility index (Phi) is 5.60. The first-order chi connectivity index (χ1) is 13.3. The van der Waals surface area contributed by atoms with Gasteiger partial charge in [-0.1, -0.05) is 0 Å². The molecular formula is C20H27N3O5. The van der Waals surface area contributed by atoms with Gasteiger partial charge in [-0.15, -0.1) is 0 Å². The van der Waals surface area contributed by atoms with Gasteiger partial charge in [0.05, 0.1) is 30.8 Å². The Hall–Kier alpha value is -2.61. The Morgan fingerprint density at radius 3 is 2.68 bits per heavy atom. The number of pyridine rings is 1. The summed E-state index contributed by atoms with van der Waals surface area (Å²) in [6.07, 6.45) is 1.96. The number of nitrogens with zero attached hydrogens (tertiary/aromatic N) is 3. The van der Waals surface area contributed by atoms with E-state index in [1.807, 2.05) is 39.8 Å². The number of hydrogen-bond donors (Lipinski definition) is 0. The predicted octanol–water partition coefficient (Wildman–Crippen LogP) is 3.62. The van der Waals surface area contributed by atoms with E-state index < -0.39 is 5.97 Å². The first-order valence-corrected chi connectivity index (χ1v) is 9.39. The van der Waals surface area contributed by atoms with Gasteiger partial charge in [-0.2, -0.15) is 4.98 Å². The van der Waals surface area contributed by atoms with Crippen LogP contribution in [0, 0.1) is 0 Å². The fraction of sp³-hybridized carbons (Fsp3) is 0.550. The van der Waals surface area contributed by atoms with Gasteiger partial charge in [0.2, 0.25) is 11.5 Å². The van der Waals surface area contributed by atoms with Crippen molar-refractivity contribution in [3.63, 3.8) is 0 Å². The predicted molar refractivity (Wildman–Crippen MR) is 107 cm³/mol. The van der Waals surface area contributed by atoms with Crippen molar-refractivity contribution in [2.75, 3.05) is 32.2 Å². The lowest BCUT2D eigenvalue weighted by Crippen LogP contribution is -2.33. The number of furan rings is 1. The molecule has 1 aliphatic rings. The van der Waals surface area contributed by atoms with Crippen LogP contribution in [0.2, 0.25) is 0 Å². The molecule has 0 saturated heterocycles. The molecule has 0 atom stereocenters. The standard InChI is InChI=1S/C20H27N3O5/c1-7-25-11-21-15-14-12-9-20(3,4)27-10-13(12)17(23(5)6)22-18(14)28-16(15)19(24)26-8-2/h11H,7-10H2,1-6H3. The van der Waals surface area contributed by atoms with Crippen molar-refractivity contribution in [2.45, 2.75) is 46.3 Å². The molecule has 28 heavy (non-hydrogen) atoms. The lowest BCUT2D eigenvalue weighted by molar-refractivity contribution is -0.0395. The number of hydrogen-bond acceptors (Lipinski definition) is 8. The summed E-state index contributed by atoms with van der Waals surface area (Å²) in [4.78, 5) is 23.4. The Morgan fingerprint density at radius 2 is 2.04 bits per heavy atom. The molecule has 0 bridgehead atoms. The molecule has 0 radical (unpaired) electrons. The van der Waals surface area contributed by atoms with Gasteiger partial charge in [0, 0.05) is 26.1 Å². The lowest BCUT2D eigenvalue weighted by atomic mass is 9.90. The molecule has 8 nitrogen and oxygen atoms in total. The number of fused-ring (bicyclic) bond motifs is 3. The number of rotatable bonds is 6. The number of anilines is 1. The lowest BCUT2D eigenvalue weighted by Gasteiger charge is -2.33. The Labute approximate surface area is 164 Å². The highest BCUT2D eigenvalue weighted by atomic mass is 16.5. The highest BCUT2D eigenvalue weighted by Crippen LogP contribution is 2.43. The summed E-state index contributed by atoms with van der Waals surface area (Å²) in [6.45, 7) is 8.80. The third kappa shape index (κ3) is 3.69. The van der Waals surface area contributed by atoms with Gasteiger partial charge in [-0.3, -0.25) is 0 Å². The minimum absolute atomic E-state index is 0.0303. The topological polar surface area (TPSA) is 86.4 Å². The third-order valence-electron chi connectivity index (χ3n) is 4.53. The molecule has 152 valence electrons. The van der Waals surface area contributed by atoms with E-state index in [1.54, 1.807) is 6.92 Å². The van der Waals surface area contributed by atoms with E-state index in [2.05, 4.69) is 9.98 Å². The smallest absolute Gasteiger partial charge is 0.376 e. The number of esters is 1. The third-order valence-corrected chi connectivity index (χ3v) is 4.53. The van der Waals surface area contributed by atoms with Crippen LogP contribution < -0.4 is 4.90 Å². The van der Waals surface area contributed by atoms with E-state index in [1.165, 1.54) is 6.40 Å². The van der Waals surface area contributed by atoms with Gasteiger partial charge in [-0.25, -0.2) is 9.79 Å². The van der Waals surface area contributed by atoms with Crippen molar-refractivity contribution in [3.05, 3.63) is 16.9 Å². The molecular weight excluding hydrogens is 362 g/mol. The van der Waals surface area contributed by atoms with Crippen molar-refractivity contribution in [1.82, 2.24) is 4.98 Å². The van der Waals surface area contributed by atoms with E-state index in [0.717, 1.165) is 16.9 Å². The number of aromatic nitrogens is 1. The van der Waals surface area contributed by atoms with E-state index in [-0.39, 0.29) is 18.0 Å². The maximum Gasteiger partial charge on any atom is 0.376 e. The van der Waals surface area contributed by atoms with Crippen molar-refractivity contribution in [3.8, 4) is 0 Å². The molecule has 8 heteroatoms. The molecule has 2 aromatic rings. The summed E-state index contributed by atoms with van der Waals surface area (Å²) in [5.41, 5.74) is 2.38. The zero-order chi connectivity index (χ0) is 20.5. The molecule has 0 spiro atoms. The van der Waals surface area contributed by atoms with Crippen LogP contribution in [-0.4, -0.2) is 50.3 Å². The Morgan fingerprint density at radius 1 is 1.29 bits per heavy atom. The first-order valence-electron chi connectivity index (χ1n) is 9.39. The molecule has 0 aliphatic carbocycles. The second-order valence-electron chi connectivity index (χ2n) is 7.38. The SMILES string of the molecule is CCOC=Nc1c(C(=O)OCC)oc2nc(N(C)C)c3c(c12)CC(C)(C)OC3. The Bertz CT molecular complexity index is 914. The molecule has 0 N–H and O–H groups in total. The highest BCUT2D eigenvalue weighted by molar-refractivity contribution is 6.05. The van der Waals surface area contributed by atoms with Gasteiger partial charge in [-0.05, 0) is 33.3 Å². The molecule has 0 unspecified atom stereocenters. The van der Waals surface area contributed by atoms with E-state index in [9.17, 15) is 4.79 Å². The molecule has 2 aromatic heterocycles. The average molecular weight is 389 g/mol. The second kappa shape index (κ2) is 7.79. The summed E-state index contributed by atoms with van der Waals surface area (Å²) in [6, 6.07) is 0. The van der Waals surface area contributed by atoms with E-state index in [0.29, 0.717) is 36.4 Å². The normalized spacial score (nSPS) is 15.6. The molecule has 3 rings (SSSR count). The molecule has 1 aliphatic heterocycles. The molecule has 0 fully saturated rings. The molecule has 0 amide bonds. The van der Waals surface area contributed by atoms with Gasteiger partial charge < -0.3 is 23.5 Å². The zero-order valence-corrected chi connectivity index (χ0v) is 17.3. The van der Waals surface area contributed by atoms with Crippen LogP contribution in [-0.2, 0) is 27.2 Å². The monoisotopic (exact) mass is 389 g/mol. The number of carbonyl (C=O) groups excluding carboxylic acids is 1. The van der Waals surface area contributed by atoms with Crippen LogP contribution in [0.15, 0.2) is 9.41 Å². The van der Waals surface area contributed by atoms with Gasteiger partial charge in [0.25, 0.3) is 0 Å². The molecule has 3 heterocycles. The maximum absolute atomic E-state index is 12.5. The van der Waals surface area contributed by atoms with Crippen LogP contribution in [0.4, 0.5) is 11.5 Å². The number of carbonyl (C=O) groups is 1. The number of aliphatic imine (C=N–C) groups is 1. The van der Waals surface area contributed by atoms with Crippen molar-refractivity contribution in [1.29, 1.82) is 0 Å². The first kappa shape index (κ1) is 20.1. The Balaban J connectivity index is 2.32. The van der Waals surface area contributed by atoms with Gasteiger partial charge >= 0.3 is 5.97 Å². The van der Waals surface area contributed by atoms with Crippen LogP contribution in [0.1, 0.15) is 49.4 Å². The van der Waals surface area contributed by atoms with E-state index >= 15 is 0 Å². The van der Waals surface area contributed by atoms with Crippen LogP contribution in [0.3, 0.4) is 0 Å². The van der Waals surface area contributed by atoms with Crippen LogP contribution in [0.25, 0.3) is 11.1 Å². The van der Waals surface area contributed by atoms with Gasteiger partial charge in [0.15, 0.2) is 6.40 Å². The minimum atomic E-state index is -0.573. The van der Waals surface area contributed by atoms with E-state index in [4.69, 9.17) is 18.6 Å². The quantitative estimate of drug-likeness (QED) is 0.424. The molecule has 0 saturated carbocycles. The summed E-state index contributed by atoms with van der Waals surface area (Å²) < 4.78 is 22.3. The van der Waals surface area contributed by atoms with Crippen molar-refractivity contribution < 1.29 is 23.4 Å². The van der Waals surface area contributed by atoms with Crippen LogP contribution in [0.5, 0.6) is 0 Å². The summed E-state index contributed by atoms with van der Waals surface area (Å²) >= 11 is 0. The minimum Gasteiger partial charge on any atom is -0.483 e. The fourth-order valence-electron chi connectivity index (χ4n) is 3.29. The zero-order valence-electron chi connectivity index (χ0n) is 17.3. The fourth-order valence-corrected chi connectivity index (χ4v) is 3.29. The van der Waals surface area contributed by atoms with Crippen LogP contribution >= 0.6 is 0 Å². The largest absolute Gasteiger partial charge is 0.483 e. The number of ether oxygens (including phenoxy) is 3. The summed E-state index contributed by atoms with van der Waals surface area (Å²) in [5.74, 6) is 0.209. The van der Waals surface area contributed by atoms with Crippen molar-refractivity contribution >= 4 is 35.0 Å². The van der Waals surface area contributed by atoms with Crippen molar-refractivity contribution in [2.24, 2.45) is 4.99 Å². The maximum atomic E-state index is 12.5. The molecule has 0 aromatic carbocycles. The van der Waals surface area contributed by atoms with Gasteiger partial charge in [0.1, 0.15) is 11.5 Å². The summed E-state index contributed by atoms with van der Waals surface area (Å²) in [7, 11) is 3.83.